The summed E-state index contributed by atoms with van der Waals surface area (Å²) in [6.45, 7) is 3.16. The first-order chi connectivity index (χ1) is 12.6. The molecular formula is C19H22N2O5S. The molecule has 0 heterocycles. The Hall–Kier alpha value is -2.87. The van der Waals surface area contributed by atoms with Gasteiger partial charge in [-0.1, -0.05) is 24.3 Å². The molecule has 2 aromatic carbocycles. The maximum absolute atomic E-state index is 12.5. The Balaban J connectivity index is 2.27. The van der Waals surface area contributed by atoms with E-state index in [-0.39, 0.29) is 12.1 Å². The molecule has 0 aromatic heterocycles. The van der Waals surface area contributed by atoms with E-state index in [1.165, 1.54) is 13.2 Å². The van der Waals surface area contributed by atoms with Gasteiger partial charge in [0.15, 0.2) is 0 Å². The van der Waals surface area contributed by atoms with Gasteiger partial charge in [0.25, 0.3) is 0 Å². The van der Waals surface area contributed by atoms with E-state index in [4.69, 9.17) is 0 Å². The van der Waals surface area contributed by atoms with Crippen molar-refractivity contribution in [3.05, 3.63) is 59.2 Å². The molecule has 2 rings (SSSR count). The Labute approximate surface area is 159 Å². The molecule has 144 valence electrons. The van der Waals surface area contributed by atoms with Gasteiger partial charge in [-0.05, 0) is 43.2 Å². The fourth-order valence-corrected chi connectivity index (χ4v) is 3.46. The number of nitrogens with one attached hydrogen (secondary N) is 1. The summed E-state index contributed by atoms with van der Waals surface area (Å²) in [6.07, 6.45) is 1.05. The first-order valence-corrected chi connectivity index (χ1v) is 10.0. The summed E-state index contributed by atoms with van der Waals surface area (Å²) in [5.41, 5.74) is 2.62. The molecule has 0 radical (unpaired) electrons. The van der Waals surface area contributed by atoms with E-state index < -0.39 is 21.9 Å². The summed E-state index contributed by atoms with van der Waals surface area (Å²) in [6, 6.07) is 11.7. The zero-order chi connectivity index (χ0) is 20.2. The highest BCUT2D eigenvalue weighted by Crippen LogP contribution is 2.23. The van der Waals surface area contributed by atoms with Crippen LogP contribution in [0.5, 0.6) is 0 Å². The van der Waals surface area contributed by atoms with Crippen molar-refractivity contribution >= 4 is 33.3 Å². The second-order valence-electron chi connectivity index (χ2n) is 6.13. The molecule has 0 aliphatic heterocycles. The number of hydrogen-bond acceptors (Lipinski definition) is 5. The second-order valence-corrected chi connectivity index (χ2v) is 8.03. The van der Waals surface area contributed by atoms with Crippen LogP contribution in [0.2, 0.25) is 0 Å². The smallest absolute Gasteiger partial charge is 0.337 e. The van der Waals surface area contributed by atoms with Gasteiger partial charge in [-0.25, -0.2) is 13.2 Å². The average molecular weight is 390 g/mol. The van der Waals surface area contributed by atoms with Crippen molar-refractivity contribution in [1.29, 1.82) is 0 Å². The predicted octanol–water partition coefficient (Wildman–Crippen LogP) is 2.49. The number of aryl methyl sites for hydroxylation is 2. The summed E-state index contributed by atoms with van der Waals surface area (Å²) < 4.78 is 30.1. The minimum Gasteiger partial charge on any atom is -0.465 e. The van der Waals surface area contributed by atoms with Gasteiger partial charge < -0.3 is 10.1 Å². The van der Waals surface area contributed by atoms with Gasteiger partial charge in [-0.3, -0.25) is 9.10 Å². The molecule has 2 aromatic rings. The minimum atomic E-state index is -3.67. The molecule has 0 saturated heterocycles. The number of amides is 1. The zero-order valence-corrected chi connectivity index (χ0v) is 16.5. The monoisotopic (exact) mass is 390 g/mol. The number of para-hydroxylation sites is 1. The molecule has 0 spiro atoms. The Morgan fingerprint density at radius 3 is 2.33 bits per heavy atom. The summed E-state index contributed by atoms with van der Waals surface area (Å²) in [7, 11) is -2.39. The van der Waals surface area contributed by atoms with Crippen LogP contribution >= 0.6 is 0 Å². The zero-order valence-electron chi connectivity index (χ0n) is 15.6. The Kier molecular flexibility index (Phi) is 6.22. The van der Waals surface area contributed by atoms with E-state index >= 15 is 0 Å². The van der Waals surface area contributed by atoms with Gasteiger partial charge in [0.05, 0.1) is 24.6 Å². The van der Waals surface area contributed by atoms with Gasteiger partial charge in [0.2, 0.25) is 15.9 Å². The van der Waals surface area contributed by atoms with Gasteiger partial charge >= 0.3 is 5.97 Å². The number of hydrogen-bond donors (Lipinski definition) is 1. The van der Waals surface area contributed by atoms with Crippen LogP contribution in [0.25, 0.3) is 0 Å². The lowest BCUT2D eigenvalue weighted by molar-refractivity contribution is -0.114. The van der Waals surface area contributed by atoms with Crippen LogP contribution in [-0.4, -0.2) is 40.2 Å². The van der Waals surface area contributed by atoms with Crippen molar-refractivity contribution in [3.8, 4) is 0 Å². The molecule has 27 heavy (non-hydrogen) atoms. The lowest BCUT2D eigenvalue weighted by atomic mass is 10.1. The maximum Gasteiger partial charge on any atom is 0.337 e. The molecule has 0 bridgehead atoms. The van der Waals surface area contributed by atoms with Crippen LogP contribution in [-0.2, 0) is 19.6 Å². The van der Waals surface area contributed by atoms with E-state index in [9.17, 15) is 18.0 Å². The standard InChI is InChI=1S/C19H22N2O5S/c1-13-9-10-15(19(23)26-3)11-16(13)20-18(22)12-21(27(4,24)25)17-8-6-5-7-14(17)2/h5-11H,12H2,1-4H3,(H,20,22). The Morgan fingerprint density at radius 1 is 1.07 bits per heavy atom. The van der Waals surface area contributed by atoms with E-state index in [1.807, 2.05) is 0 Å². The van der Waals surface area contributed by atoms with Crippen molar-refractivity contribution in [1.82, 2.24) is 0 Å². The molecule has 1 N–H and O–H groups in total. The maximum atomic E-state index is 12.5. The van der Waals surface area contributed by atoms with Crippen LogP contribution in [0.15, 0.2) is 42.5 Å². The largest absolute Gasteiger partial charge is 0.465 e. The van der Waals surface area contributed by atoms with E-state index in [1.54, 1.807) is 50.2 Å². The molecular weight excluding hydrogens is 368 g/mol. The number of carbonyl (C=O) groups excluding carboxylic acids is 2. The van der Waals surface area contributed by atoms with Crippen LogP contribution in [0.4, 0.5) is 11.4 Å². The summed E-state index contributed by atoms with van der Waals surface area (Å²) >= 11 is 0. The summed E-state index contributed by atoms with van der Waals surface area (Å²) in [4.78, 5) is 24.2. The molecule has 0 saturated carbocycles. The molecule has 0 aliphatic carbocycles. The normalized spacial score (nSPS) is 11.0. The fraction of sp³-hybridized carbons (Fsp3) is 0.263. The van der Waals surface area contributed by atoms with Crippen molar-refractivity contribution in [2.24, 2.45) is 0 Å². The quantitative estimate of drug-likeness (QED) is 0.765. The minimum absolute atomic E-state index is 0.289. The van der Waals surface area contributed by atoms with Crippen molar-refractivity contribution < 1.29 is 22.7 Å². The van der Waals surface area contributed by atoms with Crippen LogP contribution in [0, 0.1) is 13.8 Å². The van der Waals surface area contributed by atoms with Gasteiger partial charge in [-0.2, -0.15) is 0 Å². The van der Waals surface area contributed by atoms with Crippen LogP contribution in [0.3, 0.4) is 0 Å². The number of anilines is 2. The number of esters is 1. The SMILES string of the molecule is COC(=O)c1ccc(C)c(NC(=O)CN(c2ccccc2C)S(C)(=O)=O)c1. The highest BCUT2D eigenvalue weighted by molar-refractivity contribution is 7.92. The molecule has 1 amide bonds. The van der Waals surface area contributed by atoms with Crippen LogP contribution < -0.4 is 9.62 Å². The third-order valence-corrected chi connectivity index (χ3v) is 5.13. The molecule has 8 heteroatoms. The molecule has 0 fully saturated rings. The molecule has 0 atom stereocenters. The Bertz CT molecular complexity index is 970. The van der Waals surface area contributed by atoms with E-state index in [0.29, 0.717) is 11.4 Å². The highest BCUT2D eigenvalue weighted by Gasteiger charge is 2.22. The number of benzene rings is 2. The third-order valence-electron chi connectivity index (χ3n) is 4.00. The van der Waals surface area contributed by atoms with Crippen molar-refractivity contribution in [3.63, 3.8) is 0 Å². The number of carbonyl (C=O) groups is 2. The van der Waals surface area contributed by atoms with Crippen molar-refractivity contribution in [2.75, 3.05) is 29.5 Å². The first-order valence-electron chi connectivity index (χ1n) is 8.15. The van der Waals surface area contributed by atoms with Gasteiger partial charge in [0.1, 0.15) is 6.54 Å². The number of ether oxygens (including phenoxy) is 1. The third kappa shape index (κ3) is 5.07. The first kappa shape index (κ1) is 20.4. The molecule has 0 unspecified atom stereocenters. The lowest BCUT2D eigenvalue weighted by Gasteiger charge is -2.23. The average Bonchev–Trinajstić information content (AvgIpc) is 2.60. The topological polar surface area (TPSA) is 92.8 Å². The Morgan fingerprint density at radius 2 is 1.74 bits per heavy atom. The number of methoxy groups -OCH3 is 1. The summed E-state index contributed by atoms with van der Waals surface area (Å²) in [5.74, 6) is -1.04. The highest BCUT2D eigenvalue weighted by atomic mass is 32.2. The van der Waals surface area contributed by atoms with Crippen molar-refractivity contribution in [2.45, 2.75) is 13.8 Å². The summed E-state index contributed by atoms with van der Waals surface area (Å²) in [5, 5.41) is 2.67. The molecule has 7 nitrogen and oxygen atoms in total. The van der Waals surface area contributed by atoms with E-state index in [2.05, 4.69) is 10.1 Å². The lowest BCUT2D eigenvalue weighted by Crippen LogP contribution is -2.38. The van der Waals surface area contributed by atoms with Gasteiger partial charge in [-0.15, -0.1) is 0 Å². The predicted molar refractivity (Wildman–Crippen MR) is 105 cm³/mol. The fourth-order valence-electron chi connectivity index (χ4n) is 2.55. The van der Waals surface area contributed by atoms with Crippen LogP contribution in [0.1, 0.15) is 21.5 Å². The number of rotatable bonds is 6. The number of nitrogens with zero attached hydrogens (tertiary/aromatic N) is 1. The van der Waals surface area contributed by atoms with E-state index in [0.717, 1.165) is 21.7 Å². The number of sulfonamides is 1. The second kappa shape index (κ2) is 8.22. The molecule has 0 aliphatic rings. The van der Waals surface area contributed by atoms with Gasteiger partial charge in [0, 0.05) is 5.69 Å².